The molecule has 0 N–H and O–H groups in total. The van der Waals surface area contributed by atoms with Crippen molar-refractivity contribution in [2.45, 2.75) is 20.0 Å². The summed E-state index contributed by atoms with van der Waals surface area (Å²) in [5.41, 5.74) is 2.57. The van der Waals surface area contributed by atoms with Crippen molar-refractivity contribution in [3.8, 4) is 5.75 Å². The summed E-state index contributed by atoms with van der Waals surface area (Å²) in [5.74, 6) is -1.38. The third-order valence-electron chi connectivity index (χ3n) is 5.41. The van der Waals surface area contributed by atoms with Crippen LogP contribution in [0.25, 0.3) is 10.9 Å². The number of hydrogen-bond acceptors (Lipinski definition) is 4. The molecule has 4 aromatic rings. The highest BCUT2D eigenvalue weighted by molar-refractivity contribution is 6.05. The van der Waals surface area contributed by atoms with E-state index in [1.165, 1.54) is 17.7 Å². The number of hydrogen-bond donors (Lipinski definition) is 0. The molecule has 0 bridgehead atoms. The summed E-state index contributed by atoms with van der Waals surface area (Å²) in [6.07, 6.45) is -0.172. The number of carbonyl (C=O) groups excluding carboxylic acids is 2. The van der Waals surface area contributed by atoms with Gasteiger partial charge in [-0.05, 0) is 42.3 Å². The molecule has 0 aliphatic heterocycles. The Hall–Kier alpha value is -3.93. The molecule has 3 aromatic carbocycles. The van der Waals surface area contributed by atoms with Gasteiger partial charge in [0, 0.05) is 16.6 Å². The maximum atomic E-state index is 15.3. The number of aromatic nitrogens is 1. The van der Waals surface area contributed by atoms with Gasteiger partial charge in [-0.15, -0.1) is 0 Å². The van der Waals surface area contributed by atoms with Gasteiger partial charge in [0.15, 0.2) is 11.6 Å². The highest BCUT2D eigenvalue weighted by Crippen LogP contribution is 2.34. The molecule has 0 atom stereocenters. The Balaban J connectivity index is 1.75. The number of carbonyl (C=O) groups is 2. The van der Waals surface area contributed by atoms with Gasteiger partial charge in [-0.3, -0.25) is 14.2 Å². The van der Waals surface area contributed by atoms with Gasteiger partial charge < -0.3 is 9.47 Å². The third kappa shape index (κ3) is 3.99. The lowest BCUT2D eigenvalue weighted by Crippen LogP contribution is -2.14. The summed E-state index contributed by atoms with van der Waals surface area (Å²) >= 11 is 0. The van der Waals surface area contributed by atoms with E-state index in [1.807, 2.05) is 36.4 Å². The second kappa shape index (κ2) is 9.06. The van der Waals surface area contributed by atoms with E-state index in [4.69, 9.17) is 9.47 Å². The summed E-state index contributed by atoms with van der Waals surface area (Å²) in [7, 11) is 1.37. The standard InChI is InChI=1S/C26H22FNO4/c1-17-20(15-23(29)32-16-18-9-5-3-6-10-18)24-21(13-14-22(31-2)25(24)27)28(17)26(30)19-11-7-4-8-12-19/h3-14H,15-16H2,1-2H3. The Bertz CT molecular complexity index is 1280. The zero-order chi connectivity index (χ0) is 22.7. The molecule has 0 spiro atoms. The largest absolute Gasteiger partial charge is 0.494 e. The molecule has 6 heteroatoms. The summed E-state index contributed by atoms with van der Waals surface area (Å²) in [6.45, 7) is 1.82. The van der Waals surface area contributed by atoms with Crippen LogP contribution in [0.5, 0.6) is 5.75 Å². The average Bonchev–Trinajstić information content (AvgIpc) is 3.10. The molecular weight excluding hydrogens is 409 g/mol. The molecule has 5 nitrogen and oxygen atoms in total. The second-order valence-corrected chi connectivity index (χ2v) is 7.37. The van der Waals surface area contributed by atoms with Crippen molar-refractivity contribution in [2.75, 3.05) is 7.11 Å². The fraction of sp³-hybridized carbons (Fsp3) is 0.154. The van der Waals surface area contributed by atoms with Crippen LogP contribution < -0.4 is 4.74 Å². The van der Waals surface area contributed by atoms with Crippen LogP contribution >= 0.6 is 0 Å². The molecule has 0 saturated heterocycles. The molecule has 1 heterocycles. The molecule has 0 unspecified atom stereocenters. The predicted octanol–water partition coefficient (Wildman–Crippen LogP) is 5.07. The van der Waals surface area contributed by atoms with Crippen LogP contribution in [0.3, 0.4) is 0 Å². The molecule has 0 aliphatic carbocycles. The number of benzene rings is 3. The highest BCUT2D eigenvalue weighted by atomic mass is 19.1. The fourth-order valence-corrected chi connectivity index (χ4v) is 3.80. The van der Waals surface area contributed by atoms with Crippen molar-refractivity contribution >= 4 is 22.8 Å². The van der Waals surface area contributed by atoms with E-state index in [9.17, 15) is 9.59 Å². The lowest BCUT2D eigenvalue weighted by atomic mass is 10.1. The van der Waals surface area contributed by atoms with Gasteiger partial charge in [-0.1, -0.05) is 48.5 Å². The monoisotopic (exact) mass is 431 g/mol. The molecular formula is C26H22FNO4. The first-order chi connectivity index (χ1) is 15.5. The summed E-state index contributed by atoms with van der Waals surface area (Å²) in [4.78, 5) is 25.9. The quantitative estimate of drug-likeness (QED) is 0.400. The van der Waals surface area contributed by atoms with Crippen LogP contribution in [0, 0.1) is 12.7 Å². The Morgan fingerprint density at radius 2 is 1.59 bits per heavy atom. The van der Waals surface area contributed by atoms with Crippen molar-refractivity contribution in [2.24, 2.45) is 0 Å². The van der Waals surface area contributed by atoms with Crippen molar-refractivity contribution in [3.63, 3.8) is 0 Å². The van der Waals surface area contributed by atoms with Gasteiger partial charge in [-0.2, -0.15) is 0 Å². The van der Waals surface area contributed by atoms with Crippen LogP contribution in [0.4, 0.5) is 4.39 Å². The molecule has 0 saturated carbocycles. The minimum Gasteiger partial charge on any atom is -0.494 e. The molecule has 0 radical (unpaired) electrons. The molecule has 162 valence electrons. The van der Waals surface area contributed by atoms with Gasteiger partial charge in [-0.25, -0.2) is 4.39 Å². The first-order valence-corrected chi connectivity index (χ1v) is 10.2. The Morgan fingerprint density at radius 1 is 0.938 bits per heavy atom. The minimum absolute atomic E-state index is 0.0423. The van der Waals surface area contributed by atoms with Gasteiger partial charge in [0.25, 0.3) is 5.91 Å². The number of ether oxygens (including phenoxy) is 2. The van der Waals surface area contributed by atoms with Gasteiger partial charge >= 0.3 is 5.97 Å². The molecule has 0 fully saturated rings. The number of esters is 1. The van der Waals surface area contributed by atoms with E-state index >= 15 is 4.39 Å². The second-order valence-electron chi connectivity index (χ2n) is 7.37. The first kappa shape index (κ1) is 21.3. The average molecular weight is 431 g/mol. The van der Waals surface area contributed by atoms with Crippen molar-refractivity contribution in [1.82, 2.24) is 4.57 Å². The molecule has 0 amide bonds. The van der Waals surface area contributed by atoms with Gasteiger partial charge in [0.2, 0.25) is 0 Å². The van der Waals surface area contributed by atoms with Crippen molar-refractivity contribution < 1.29 is 23.5 Å². The van der Waals surface area contributed by atoms with E-state index in [0.717, 1.165) is 5.56 Å². The van der Waals surface area contributed by atoms with Crippen LogP contribution in [-0.4, -0.2) is 23.6 Å². The van der Waals surface area contributed by atoms with E-state index in [2.05, 4.69) is 0 Å². The Morgan fingerprint density at radius 3 is 2.25 bits per heavy atom. The molecule has 4 rings (SSSR count). The van der Waals surface area contributed by atoms with E-state index in [-0.39, 0.29) is 30.1 Å². The van der Waals surface area contributed by atoms with Crippen LogP contribution in [0.2, 0.25) is 0 Å². The van der Waals surface area contributed by atoms with Crippen LogP contribution in [0.15, 0.2) is 72.8 Å². The normalized spacial score (nSPS) is 10.8. The van der Waals surface area contributed by atoms with Gasteiger partial charge in [0.1, 0.15) is 6.61 Å². The Kier molecular flexibility index (Phi) is 6.03. The zero-order valence-corrected chi connectivity index (χ0v) is 17.8. The number of methoxy groups -OCH3 is 1. The first-order valence-electron chi connectivity index (χ1n) is 10.2. The number of fused-ring (bicyclic) bond motifs is 1. The third-order valence-corrected chi connectivity index (χ3v) is 5.41. The van der Waals surface area contributed by atoms with E-state index in [1.54, 1.807) is 37.3 Å². The lowest BCUT2D eigenvalue weighted by molar-refractivity contribution is -0.144. The predicted molar refractivity (Wildman–Crippen MR) is 119 cm³/mol. The molecule has 0 aliphatic rings. The molecule has 1 aromatic heterocycles. The van der Waals surface area contributed by atoms with Gasteiger partial charge in [0.05, 0.1) is 19.0 Å². The smallest absolute Gasteiger partial charge is 0.310 e. The summed E-state index contributed by atoms with van der Waals surface area (Å²) in [6, 6.07) is 21.1. The van der Waals surface area contributed by atoms with Crippen LogP contribution in [0.1, 0.15) is 27.2 Å². The maximum absolute atomic E-state index is 15.3. The summed E-state index contributed by atoms with van der Waals surface area (Å²) < 4.78 is 27.3. The minimum atomic E-state index is -0.612. The number of halogens is 1. The van der Waals surface area contributed by atoms with E-state index in [0.29, 0.717) is 22.3 Å². The summed E-state index contributed by atoms with van der Waals surface area (Å²) in [5, 5.41) is 0.183. The lowest BCUT2D eigenvalue weighted by Gasteiger charge is -2.08. The number of nitrogens with zero attached hydrogens (tertiary/aromatic N) is 1. The Labute approximate surface area is 185 Å². The van der Waals surface area contributed by atoms with Crippen molar-refractivity contribution in [3.05, 3.63) is 101 Å². The number of rotatable bonds is 6. The van der Waals surface area contributed by atoms with Crippen molar-refractivity contribution in [1.29, 1.82) is 0 Å². The maximum Gasteiger partial charge on any atom is 0.310 e. The van der Waals surface area contributed by atoms with E-state index < -0.39 is 11.8 Å². The zero-order valence-electron chi connectivity index (χ0n) is 17.8. The molecule has 32 heavy (non-hydrogen) atoms. The topological polar surface area (TPSA) is 57.5 Å². The SMILES string of the molecule is COc1ccc2c(c1F)c(CC(=O)OCc1ccccc1)c(C)n2C(=O)c1ccccc1. The fourth-order valence-electron chi connectivity index (χ4n) is 3.80. The highest BCUT2D eigenvalue weighted by Gasteiger charge is 2.25. The van der Waals surface area contributed by atoms with Crippen LogP contribution in [-0.2, 0) is 22.6 Å².